The number of piperazine rings is 1. The summed E-state index contributed by atoms with van der Waals surface area (Å²) in [5.74, 6) is 0.387. The highest BCUT2D eigenvalue weighted by Crippen LogP contribution is 2.15. The molecule has 1 fully saturated rings. The molecule has 0 aromatic carbocycles. The highest BCUT2D eigenvalue weighted by Gasteiger charge is 2.26. The number of carbonyl (C=O) groups excluding carboxylic acids is 1. The molecule has 25 heavy (non-hydrogen) atoms. The van der Waals surface area contributed by atoms with E-state index in [-0.39, 0.29) is 5.91 Å². The molecule has 0 spiro atoms. The number of hydrogen-bond donors (Lipinski definition) is 1. The van der Waals surface area contributed by atoms with Gasteiger partial charge < -0.3 is 10.2 Å². The summed E-state index contributed by atoms with van der Waals surface area (Å²) >= 11 is 0. The maximum atomic E-state index is 12.8. The highest BCUT2D eigenvalue weighted by atomic mass is 16.1. The van der Waals surface area contributed by atoms with Gasteiger partial charge in [0.2, 0.25) is 0 Å². The Morgan fingerprint density at radius 3 is 2.68 bits per heavy atom. The summed E-state index contributed by atoms with van der Waals surface area (Å²) in [5.41, 5.74) is 1.89. The number of fused-ring (bicyclic) bond motifs is 1. The summed E-state index contributed by atoms with van der Waals surface area (Å²) in [6, 6.07) is 2.15. The summed E-state index contributed by atoms with van der Waals surface area (Å²) in [6.07, 6.45) is 3.50. The molecule has 3 rings (SSSR count). The molecule has 1 atom stereocenters. The van der Waals surface area contributed by atoms with Gasteiger partial charge in [-0.2, -0.15) is 5.10 Å². The summed E-state index contributed by atoms with van der Waals surface area (Å²) < 4.78 is 1.66. The fourth-order valence-corrected chi connectivity index (χ4v) is 3.49. The first kappa shape index (κ1) is 17.8. The third-order valence-electron chi connectivity index (χ3n) is 5.05. The van der Waals surface area contributed by atoms with Gasteiger partial charge in [0, 0.05) is 51.2 Å². The smallest absolute Gasteiger partial charge is 0.257 e. The van der Waals surface area contributed by atoms with E-state index in [1.54, 1.807) is 10.7 Å². The predicted octanol–water partition coefficient (Wildman–Crippen LogP) is 1.04. The average molecular weight is 344 g/mol. The molecule has 1 amide bonds. The lowest BCUT2D eigenvalue weighted by atomic mass is 10.0. The Morgan fingerprint density at radius 2 is 2.00 bits per heavy atom. The Labute approximate surface area is 149 Å². The van der Waals surface area contributed by atoms with Crippen LogP contribution in [0.25, 0.3) is 5.65 Å². The Kier molecular flexibility index (Phi) is 5.34. The fraction of sp³-hybridized carbons (Fsp3) is 0.611. The number of amides is 1. The van der Waals surface area contributed by atoms with Crippen LogP contribution in [-0.2, 0) is 0 Å². The molecular formula is C18H28N6O. The van der Waals surface area contributed by atoms with Gasteiger partial charge in [-0.15, -0.1) is 0 Å². The fourth-order valence-electron chi connectivity index (χ4n) is 3.49. The highest BCUT2D eigenvalue weighted by molar-refractivity contribution is 6.00. The maximum absolute atomic E-state index is 12.8. The zero-order valence-electron chi connectivity index (χ0n) is 15.6. The zero-order valence-corrected chi connectivity index (χ0v) is 15.6. The number of aromatic nitrogens is 3. The molecule has 0 radical (unpaired) electrons. The van der Waals surface area contributed by atoms with Gasteiger partial charge in [0.05, 0.1) is 5.69 Å². The van der Waals surface area contributed by atoms with Crippen LogP contribution in [0.3, 0.4) is 0 Å². The molecule has 1 aliphatic rings. The topological polar surface area (TPSA) is 65.8 Å². The van der Waals surface area contributed by atoms with Gasteiger partial charge in [0.25, 0.3) is 5.91 Å². The lowest BCUT2D eigenvalue weighted by Crippen LogP contribution is -2.54. The molecule has 0 bridgehead atoms. The van der Waals surface area contributed by atoms with Crippen molar-refractivity contribution >= 4 is 11.6 Å². The van der Waals surface area contributed by atoms with Crippen LogP contribution in [0.2, 0.25) is 0 Å². The van der Waals surface area contributed by atoms with Gasteiger partial charge in [-0.05, 0) is 26.0 Å². The second kappa shape index (κ2) is 7.49. The van der Waals surface area contributed by atoms with Crippen molar-refractivity contribution in [3.63, 3.8) is 0 Å². The summed E-state index contributed by atoms with van der Waals surface area (Å²) in [7, 11) is 2.16. The first-order valence-corrected chi connectivity index (χ1v) is 8.98. The molecule has 1 aliphatic heterocycles. The number of nitrogens with zero attached hydrogens (tertiary/aromatic N) is 5. The van der Waals surface area contributed by atoms with Crippen molar-refractivity contribution in [1.29, 1.82) is 0 Å². The largest absolute Gasteiger partial charge is 0.350 e. The summed E-state index contributed by atoms with van der Waals surface area (Å²) in [5, 5.41) is 7.49. The minimum Gasteiger partial charge on any atom is -0.350 e. The van der Waals surface area contributed by atoms with E-state index < -0.39 is 0 Å². The van der Waals surface area contributed by atoms with Crippen molar-refractivity contribution in [2.24, 2.45) is 5.92 Å². The number of nitrogens with one attached hydrogen (secondary N) is 1. The maximum Gasteiger partial charge on any atom is 0.257 e. The third-order valence-corrected chi connectivity index (χ3v) is 5.05. The van der Waals surface area contributed by atoms with Crippen LogP contribution in [0.15, 0.2) is 18.5 Å². The van der Waals surface area contributed by atoms with Crippen molar-refractivity contribution in [2.45, 2.75) is 26.8 Å². The standard InChI is InChI=1S/C18H28N6O/c1-13(2)15(23-10-8-22(4)9-11-23)12-20-18(25)16-14(3)21-24-7-5-6-19-17(16)24/h5-7,13,15H,8-12H2,1-4H3,(H,20,25). The van der Waals surface area contributed by atoms with E-state index in [0.717, 1.165) is 26.2 Å². The number of aryl methyl sites for hydroxylation is 1. The average Bonchev–Trinajstić information content (AvgIpc) is 2.92. The SMILES string of the molecule is Cc1nn2cccnc2c1C(=O)NCC(C(C)C)N1CCN(C)CC1. The van der Waals surface area contributed by atoms with Crippen molar-refractivity contribution in [3.05, 3.63) is 29.7 Å². The van der Waals surface area contributed by atoms with Crippen LogP contribution >= 0.6 is 0 Å². The molecule has 1 unspecified atom stereocenters. The van der Waals surface area contributed by atoms with Gasteiger partial charge in [-0.25, -0.2) is 9.50 Å². The number of carbonyl (C=O) groups is 1. The van der Waals surface area contributed by atoms with E-state index >= 15 is 0 Å². The van der Waals surface area contributed by atoms with Gasteiger partial charge in [0.1, 0.15) is 5.56 Å². The normalized spacial score (nSPS) is 18.0. The molecule has 1 N–H and O–H groups in total. The summed E-state index contributed by atoms with van der Waals surface area (Å²) in [4.78, 5) is 21.9. The Bertz CT molecular complexity index is 732. The second-order valence-corrected chi connectivity index (χ2v) is 7.21. The molecule has 0 saturated carbocycles. The minimum atomic E-state index is -0.0917. The van der Waals surface area contributed by atoms with Crippen LogP contribution in [-0.4, -0.2) is 76.1 Å². The minimum absolute atomic E-state index is 0.0917. The van der Waals surface area contributed by atoms with E-state index in [2.05, 4.69) is 46.1 Å². The third kappa shape index (κ3) is 3.82. The lowest BCUT2D eigenvalue weighted by molar-refractivity contribution is 0.0791. The van der Waals surface area contributed by atoms with Gasteiger partial charge in [-0.1, -0.05) is 13.8 Å². The van der Waals surface area contributed by atoms with Crippen molar-refractivity contribution in [3.8, 4) is 0 Å². The first-order chi connectivity index (χ1) is 12.0. The Hall–Kier alpha value is -1.99. The van der Waals surface area contributed by atoms with Crippen molar-refractivity contribution in [1.82, 2.24) is 29.7 Å². The van der Waals surface area contributed by atoms with Crippen LogP contribution < -0.4 is 5.32 Å². The molecule has 2 aromatic heterocycles. The van der Waals surface area contributed by atoms with E-state index in [4.69, 9.17) is 0 Å². The number of likely N-dealkylation sites (N-methyl/N-ethyl adjacent to an activating group) is 1. The van der Waals surface area contributed by atoms with Crippen LogP contribution in [0.5, 0.6) is 0 Å². The first-order valence-electron chi connectivity index (χ1n) is 8.98. The monoisotopic (exact) mass is 344 g/mol. The lowest BCUT2D eigenvalue weighted by Gasteiger charge is -2.39. The Morgan fingerprint density at radius 1 is 1.28 bits per heavy atom. The number of hydrogen-bond acceptors (Lipinski definition) is 5. The Balaban J connectivity index is 1.70. The van der Waals surface area contributed by atoms with E-state index in [9.17, 15) is 4.79 Å². The second-order valence-electron chi connectivity index (χ2n) is 7.21. The zero-order chi connectivity index (χ0) is 18.0. The van der Waals surface area contributed by atoms with Gasteiger partial charge in [-0.3, -0.25) is 9.69 Å². The van der Waals surface area contributed by atoms with E-state index in [1.165, 1.54) is 0 Å². The molecular weight excluding hydrogens is 316 g/mol. The molecule has 2 aromatic rings. The molecule has 3 heterocycles. The summed E-state index contributed by atoms with van der Waals surface area (Å²) in [6.45, 7) is 11.2. The quantitative estimate of drug-likeness (QED) is 0.878. The van der Waals surface area contributed by atoms with Crippen molar-refractivity contribution < 1.29 is 4.79 Å². The van der Waals surface area contributed by atoms with Crippen molar-refractivity contribution in [2.75, 3.05) is 39.8 Å². The molecule has 7 nitrogen and oxygen atoms in total. The molecule has 1 saturated heterocycles. The van der Waals surface area contributed by atoms with Crippen LogP contribution in [0, 0.1) is 12.8 Å². The predicted molar refractivity (Wildman–Crippen MR) is 97.8 cm³/mol. The molecule has 0 aliphatic carbocycles. The number of rotatable bonds is 5. The van der Waals surface area contributed by atoms with Gasteiger partial charge in [0.15, 0.2) is 5.65 Å². The molecule has 7 heteroatoms. The van der Waals surface area contributed by atoms with Gasteiger partial charge >= 0.3 is 0 Å². The van der Waals surface area contributed by atoms with E-state index in [0.29, 0.717) is 35.4 Å². The van der Waals surface area contributed by atoms with Crippen LogP contribution in [0.1, 0.15) is 29.9 Å². The molecule has 136 valence electrons. The van der Waals surface area contributed by atoms with Crippen LogP contribution in [0.4, 0.5) is 0 Å². The van der Waals surface area contributed by atoms with E-state index in [1.807, 2.05) is 19.2 Å².